The summed E-state index contributed by atoms with van der Waals surface area (Å²) in [5.41, 5.74) is 2.29. The molecule has 0 aliphatic heterocycles. The van der Waals surface area contributed by atoms with Gasteiger partial charge in [0.05, 0.1) is 6.04 Å². The van der Waals surface area contributed by atoms with Crippen LogP contribution in [0.1, 0.15) is 56.1 Å². The molecule has 0 spiro atoms. The molecule has 2 nitrogen and oxygen atoms in total. The summed E-state index contributed by atoms with van der Waals surface area (Å²) < 4.78 is 5.85. The Kier molecular flexibility index (Phi) is 7.67. The Balaban J connectivity index is 1.47. The summed E-state index contributed by atoms with van der Waals surface area (Å²) in [5.74, 6) is 0.866. The molecule has 0 saturated heterocycles. The second-order valence-corrected chi connectivity index (χ2v) is 8.06. The van der Waals surface area contributed by atoms with Crippen LogP contribution < -0.4 is 10.1 Å². The first-order chi connectivity index (χ1) is 12.7. The van der Waals surface area contributed by atoms with Gasteiger partial charge >= 0.3 is 0 Å². The van der Waals surface area contributed by atoms with E-state index >= 15 is 0 Å². The van der Waals surface area contributed by atoms with Crippen LogP contribution in [0.25, 0.3) is 0 Å². The highest BCUT2D eigenvalue weighted by atomic mass is 35.5. The lowest BCUT2D eigenvalue weighted by Crippen LogP contribution is -2.88. The lowest BCUT2D eigenvalue weighted by molar-refractivity contribution is -0.706. The molecule has 2 aromatic rings. The molecule has 0 unspecified atom stereocenters. The summed E-state index contributed by atoms with van der Waals surface area (Å²) in [5, 5.41) is 3.81. The van der Waals surface area contributed by atoms with Crippen LogP contribution in [0.5, 0.6) is 5.75 Å². The quantitative estimate of drug-likeness (QED) is 0.665. The maximum atomic E-state index is 6.19. The SMILES string of the molecule is Clc1ccc(COc2ccc(C[NH2+]C3CCCCCCC3)cc2)c(Cl)c1. The predicted octanol–water partition coefficient (Wildman–Crippen LogP) is 5.75. The molecule has 1 aliphatic carbocycles. The Morgan fingerprint density at radius 2 is 1.58 bits per heavy atom. The average molecular weight is 393 g/mol. The molecular weight excluding hydrogens is 365 g/mol. The van der Waals surface area contributed by atoms with Crippen molar-refractivity contribution < 1.29 is 10.1 Å². The monoisotopic (exact) mass is 392 g/mol. The van der Waals surface area contributed by atoms with E-state index < -0.39 is 0 Å². The van der Waals surface area contributed by atoms with Crippen molar-refractivity contribution in [2.45, 2.75) is 64.1 Å². The van der Waals surface area contributed by atoms with Crippen molar-refractivity contribution in [3.05, 3.63) is 63.6 Å². The van der Waals surface area contributed by atoms with Crippen LogP contribution in [0, 0.1) is 0 Å². The smallest absolute Gasteiger partial charge is 0.119 e. The van der Waals surface area contributed by atoms with Crippen molar-refractivity contribution in [1.82, 2.24) is 0 Å². The van der Waals surface area contributed by atoms with Crippen LogP contribution in [0.3, 0.4) is 0 Å². The molecular formula is C22H28Cl2NO+. The zero-order valence-corrected chi connectivity index (χ0v) is 16.7. The number of hydrogen-bond acceptors (Lipinski definition) is 1. The van der Waals surface area contributed by atoms with Gasteiger partial charge in [-0.25, -0.2) is 0 Å². The number of halogens is 2. The summed E-state index contributed by atoms with van der Waals surface area (Å²) >= 11 is 12.1. The molecule has 1 aliphatic rings. The fourth-order valence-electron chi connectivity index (χ4n) is 3.55. The van der Waals surface area contributed by atoms with Crippen LogP contribution in [0.15, 0.2) is 42.5 Å². The molecule has 0 amide bonds. The molecule has 2 aromatic carbocycles. The predicted molar refractivity (Wildman–Crippen MR) is 109 cm³/mol. The van der Waals surface area contributed by atoms with Gasteiger partial charge in [0.2, 0.25) is 0 Å². The fraction of sp³-hybridized carbons (Fsp3) is 0.455. The van der Waals surface area contributed by atoms with Gasteiger partial charge in [-0.05, 0) is 62.1 Å². The van der Waals surface area contributed by atoms with Gasteiger partial charge in [-0.3, -0.25) is 0 Å². The maximum Gasteiger partial charge on any atom is 0.119 e. The summed E-state index contributed by atoms with van der Waals surface area (Å²) in [6, 6.07) is 14.7. The normalized spacial score (nSPS) is 16.1. The van der Waals surface area contributed by atoms with Gasteiger partial charge in [0.15, 0.2) is 0 Å². The van der Waals surface area contributed by atoms with E-state index in [2.05, 4.69) is 17.4 Å². The zero-order chi connectivity index (χ0) is 18.2. The van der Waals surface area contributed by atoms with Crippen molar-refractivity contribution in [3.63, 3.8) is 0 Å². The van der Waals surface area contributed by atoms with E-state index in [1.165, 1.54) is 50.5 Å². The second kappa shape index (κ2) is 10.2. The van der Waals surface area contributed by atoms with Gasteiger partial charge in [-0.15, -0.1) is 0 Å². The Labute approximate surface area is 166 Å². The topological polar surface area (TPSA) is 25.8 Å². The van der Waals surface area contributed by atoms with Gasteiger partial charge < -0.3 is 10.1 Å². The van der Waals surface area contributed by atoms with Gasteiger partial charge in [0.1, 0.15) is 18.9 Å². The van der Waals surface area contributed by atoms with Gasteiger partial charge in [0, 0.05) is 21.2 Å². The third kappa shape index (κ3) is 6.19. The highest BCUT2D eigenvalue weighted by Crippen LogP contribution is 2.23. The molecule has 3 rings (SSSR count). The number of hydrogen-bond donors (Lipinski definition) is 1. The Morgan fingerprint density at radius 3 is 2.27 bits per heavy atom. The van der Waals surface area contributed by atoms with E-state index in [9.17, 15) is 0 Å². The second-order valence-electron chi connectivity index (χ2n) is 7.21. The molecule has 0 bridgehead atoms. The number of ether oxygens (including phenoxy) is 1. The molecule has 0 radical (unpaired) electrons. The standard InChI is InChI=1S/C22H27Cl2NO/c23-19-11-10-18(22(24)14-19)16-26-21-12-8-17(9-13-21)15-25-20-6-4-2-1-3-5-7-20/h8-14,20,25H,1-7,15-16H2/p+1. The fourth-order valence-corrected chi connectivity index (χ4v) is 4.01. The Bertz CT molecular complexity index is 679. The molecule has 26 heavy (non-hydrogen) atoms. The van der Waals surface area contributed by atoms with Crippen molar-refractivity contribution in [2.75, 3.05) is 0 Å². The molecule has 0 atom stereocenters. The van der Waals surface area contributed by atoms with E-state index in [4.69, 9.17) is 27.9 Å². The molecule has 1 saturated carbocycles. The number of rotatable bonds is 6. The van der Waals surface area contributed by atoms with Gasteiger partial charge in [-0.1, -0.05) is 48.5 Å². The summed E-state index contributed by atoms with van der Waals surface area (Å²) in [4.78, 5) is 0. The van der Waals surface area contributed by atoms with Crippen LogP contribution >= 0.6 is 23.2 Å². The minimum Gasteiger partial charge on any atom is -0.489 e. The minimum atomic E-state index is 0.448. The first kappa shape index (κ1) is 19.5. The Morgan fingerprint density at radius 1 is 0.885 bits per heavy atom. The number of quaternary nitrogens is 1. The van der Waals surface area contributed by atoms with E-state index in [0.717, 1.165) is 23.9 Å². The number of benzene rings is 2. The first-order valence-corrected chi connectivity index (χ1v) is 10.5. The molecule has 2 N–H and O–H groups in total. The van der Waals surface area contributed by atoms with Crippen LogP contribution in [0.2, 0.25) is 10.0 Å². The lowest BCUT2D eigenvalue weighted by Gasteiger charge is -2.18. The van der Waals surface area contributed by atoms with Crippen LogP contribution in [-0.4, -0.2) is 6.04 Å². The van der Waals surface area contributed by atoms with Gasteiger partial charge in [0.25, 0.3) is 0 Å². The van der Waals surface area contributed by atoms with E-state index in [1.807, 2.05) is 24.3 Å². The third-order valence-corrected chi connectivity index (χ3v) is 5.76. The van der Waals surface area contributed by atoms with Crippen molar-refractivity contribution in [1.29, 1.82) is 0 Å². The zero-order valence-electron chi connectivity index (χ0n) is 15.2. The largest absolute Gasteiger partial charge is 0.489 e. The van der Waals surface area contributed by atoms with E-state index in [-0.39, 0.29) is 0 Å². The molecule has 0 heterocycles. The van der Waals surface area contributed by atoms with Crippen molar-refractivity contribution in [2.24, 2.45) is 0 Å². The summed E-state index contributed by atoms with van der Waals surface area (Å²) in [6.45, 7) is 1.50. The third-order valence-electron chi connectivity index (χ3n) is 5.17. The highest BCUT2D eigenvalue weighted by Gasteiger charge is 2.13. The van der Waals surface area contributed by atoms with Crippen molar-refractivity contribution >= 4 is 23.2 Å². The van der Waals surface area contributed by atoms with Crippen molar-refractivity contribution in [3.8, 4) is 5.75 Å². The summed E-state index contributed by atoms with van der Waals surface area (Å²) in [6.07, 6.45) is 9.76. The lowest BCUT2D eigenvalue weighted by atomic mass is 9.96. The first-order valence-electron chi connectivity index (χ1n) is 9.70. The highest BCUT2D eigenvalue weighted by molar-refractivity contribution is 6.35. The van der Waals surface area contributed by atoms with Crippen LogP contribution in [-0.2, 0) is 13.2 Å². The van der Waals surface area contributed by atoms with E-state index in [1.54, 1.807) is 6.07 Å². The minimum absolute atomic E-state index is 0.448. The average Bonchev–Trinajstić information content (AvgIpc) is 2.61. The molecule has 0 aromatic heterocycles. The number of nitrogens with two attached hydrogens (primary N) is 1. The van der Waals surface area contributed by atoms with Crippen LogP contribution in [0.4, 0.5) is 0 Å². The molecule has 1 fully saturated rings. The summed E-state index contributed by atoms with van der Waals surface area (Å²) in [7, 11) is 0. The molecule has 4 heteroatoms. The molecule has 140 valence electrons. The Hall–Kier alpha value is -1.22. The van der Waals surface area contributed by atoms with E-state index in [0.29, 0.717) is 16.7 Å². The maximum absolute atomic E-state index is 6.19. The van der Waals surface area contributed by atoms with Gasteiger partial charge in [-0.2, -0.15) is 0 Å².